The SMILES string of the molecule is COc1cccc(C(N)=S)c1N1CCCCCC1=O. The molecule has 0 saturated carbocycles. The van der Waals surface area contributed by atoms with Crippen molar-refractivity contribution in [3.05, 3.63) is 23.8 Å². The number of amides is 1. The highest BCUT2D eigenvalue weighted by atomic mass is 32.1. The van der Waals surface area contributed by atoms with Gasteiger partial charge in [0.25, 0.3) is 0 Å². The number of nitrogens with two attached hydrogens (primary N) is 1. The van der Waals surface area contributed by atoms with Crippen LogP contribution in [0.1, 0.15) is 31.2 Å². The summed E-state index contributed by atoms with van der Waals surface area (Å²) in [6.07, 6.45) is 3.56. The zero-order valence-corrected chi connectivity index (χ0v) is 11.8. The fourth-order valence-electron chi connectivity index (χ4n) is 2.38. The second-order valence-corrected chi connectivity index (χ2v) is 5.02. The summed E-state index contributed by atoms with van der Waals surface area (Å²) in [5, 5.41) is 0. The Morgan fingerprint density at radius 2 is 2.16 bits per heavy atom. The molecule has 102 valence electrons. The third-order valence-corrected chi connectivity index (χ3v) is 3.55. The number of carbonyl (C=O) groups excluding carboxylic acids is 1. The summed E-state index contributed by atoms with van der Waals surface area (Å²) in [6.45, 7) is 0.689. The number of hydrogen-bond donors (Lipinski definition) is 1. The molecule has 1 fully saturated rings. The first kappa shape index (κ1) is 13.8. The minimum Gasteiger partial charge on any atom is -0.495 e. The van der Waals surface area contributed by atoms with E-state index in [1.807, 2.05) is 18.2 Å². The van der Waals surface area contributed by atoms with Gasteiger partial charge in [0, 0.05) is 18.5 Å². The molecule has 1 aliphatic heterocycles. The smallest absolute Gasteiger partial charge is 0.227 e. The van der Waals surface area contributed by atoms with Crippen molar-refractivity contribution in [3.63, 3.8) is 0 Å². The number of anilines is 1. The summed E-state index contributed by atoms with van der Waals surface area (Å²) < 4.78 is 5.37. The van der Waals surface area contributed by atoms with Crippen molar-refractivity contribution in [1.29, 1.82) is 0 Å². The average Bonchev–Trinajstić information content (AvgIpc) is 2.62. The van der Waals surface area contributed by atoms with E-state index in [0.717, 1.165) is 19.3 Å². The van der Waals surface area contributed by atoms with E-state index in [0.29, 0.717) is 30.0 Å². The lowest BCUT2D eigenvalue weighted by molar-refractivity contribution is -0.118. The number of thiocarbonyl (C=S) groups is 1. The summed E-state index contributed by atoms with van der Waals surface area (Å²) in [7, 11) is 1.59. The molecule has 2 N–H and O–H groups in total. The van der Waals surface area contributed by atoms with Crippen LogP contribution in [0.3, 0.4) is 0 Å². The van der Waals surface area contributed by atoms with Gasteiger partial charge in [-0.25, -0.2) is 0 Å². The lowest BCUT2D eigenvalue weighted by atomic mass is 10.1. The Bertz CT molecular complexity index is 502. The van der Waals surface area contributed by atoms with Gasteiger partial charge >= 0.3 is 0 Å². The van der Waals surface area contributed by atoms with Crippen LogP contribution in [-0.4, -0.2) is 24.6 Å². The molecule has 1 saturated heterocycles. The predicted octanol–water partition coefficient (Wildman–Crippen LogP) is 2.24. The number of hydrogen-bond acceptors (Lipinski definition) is 3. The average molecular weight is 278 g/mol. The Hall–Kier alpha value is -1.62. The second kappa shape index (κ2) is 6.02. The normalized spacial score (nSPS) is 16.1. The largest absolute Gasteiger partial charge is 0.495 e. The monoisotopic (exact) mass is 278 g/mol. The van der Waals surface area contributed by atoms with Crippen LogP contribution >= 0.6 is 12.2 Å². The molecule has 19 heavy (non-hydrogen) atoms. The quantitative estimate of drug-likeness (QED) is 0.862. The summed E-state index contributed by atoms with van der Waals surface area (Å²) in [5.74, 6) is 0.750. The molecule has 1 heterocycles. The molecule has 5 heteroatoms. The second-order valence-electron chi connectivity index (χ2n) is 4.58. The van der Waals surface area contributed by atoms with Crippen LogP contribution in [0.5, 0.6) is 5.75 Å². The molecule has 1 amide bonds. The van der Waals surface area contributed by atoms with Gasteiger partial charge in [-0.05, 0) is 25.0 Å². The highest BCUT2D eigenvalue weighted by molar-refractivity contribution is 7.80. The molecule has 0 atom stereocenters. The number of benzene rings is 1. The highest BCUT2D eigenvalue weighted by Gasteiger charge is 2.24. The van der Waals surface area contributed by atoms with Crippen LogP contribution in [0.2, 0.25) is 0 Å². The topological polar surface area (TPSA) is 55.6 Å². The zero-order chi connectivity index (χ0) is 13.8. The molecule has 1 aliphatic rings. The van der Waals surface area contributed by atoms with E-state index in [1.54, 1.807) is 12.0 Å². The van der Waals surface area contributed by atoms with Gasteiger partial charge < -0.3 is 15.4 Å². The lowest BCUT2D eigenvalue weighted by Crippen LogP contribution is -2.32. The molecule has 0 bridgehead atoms. The Morgan fingerprint density at radius 1 is 1.37 bits per heavy atom. The number of para-hydroxylation sites is 1. The Labute approximate surface area is 118 Å². The van der Waals surface area contributed by atoms with Crippen molar-refractivity contribution in [2.24, 2.45) is 5.73 Å². The summed E-state index contributed by atoms with van der Waals surface area (Å²) in [5.41, 5.74) is 7.18. The van der Waals surface area contributed by atoms with Crippen molar-refractivity contribution in [3.8, 4) is 5.75 Å². The van der Waals surface area contributed by atoms with E-state index in [1.165, 1.54) is 0 Å². The van der Waals surface area contributed by atoms with Gasteiger partial charge in [0.1, 0.15) is 10.7 Å². The maximum atomic E-state index is 12.2. The Kier molecular flexibility index (Phi) is 4.37. The minimum atomic E-state index is 0.111. The molecule has 2 rings (SSSR count). The molecule has 4 nitrogen and oxygen atoms in total. The first-order valence-electron chi connectivity index (χ1n) is 6.42. The molecule has 0 spiro atoms. The molecule has 1 aromatic rings. The van der Waals surface area contributed by atoms with Gasteiger partial charge in [0.05, 0.1) is 12.8 Å². The van der Waals surface area contributed by atoms with Gasteiger partial charge in [0.15, 0.2) is 0 Å². The fourth-order valence-corrected chi connectivity index (χ4v) is 2.55. The summed E-state index contributed by atoms with van der Waals surface area (Å²) in [6, 6.07) is 5.49. The number of ether oxygens (including phenoxy) is 1. The summed E-state index contributed by atoms with van der Waals surface area (Å²) >= 11 is 5.08. The number of nitrogens with zero attached hydrogens (tertiary/aromatic N) is 1. The lowest BCUT2D eigenvalue weighted by Gasteiger charge is -2.25. The number of rotatable bonds is 3. The van der Waals surface area contributed by atoms with Crippen LogP contribution in [0.25, 0.3) is 0 Å². The van der Waals surface area contributed by atoms with Crippen molar-refractivity contribution in [2.75, 3.05) is 18.6 Å². The molecular weight excluding hydrogens is 260 g/mol. The highest BCUT2D eigenvalue weighted by Crippen LogP contribution is 2.34. The van der Waals surface area contributed by atoms with Gasteiger partial charge in [-0.15, -0.1) is 0 Å². The molecule has 0 unspecified atom stereocenters. The van der Waals surface area contributed by atoms with E-state index in [2.05, 4.69) is 0 Å². The van der Waals surface area contributed by atoms with Crippen molar-refractivity contribution >= 4 is 28.8 Å². The van der Waals surface area contributed by atoms with E-state index < -0.39 is 0 Å². The first-order valence-corrected chi connectivity index (χ1v) is 6.83. The maximum Gasteiger partial charge on any atom is 0.227 e. The fraction of sp³-hybridized carbons (Fsp3) is 0.429. The third-order valence-electron chi connectivity index (χ3n) is 3.33. The number of methoxy groups -OCH3 is 1. The molecule has 1 aromatic carbocycles. The Balaban J connectivity index is 2.51. The first-order chi connectivity index (χ1) is 9.15. The van der Waals surface area contributed by atoms with Gasteiger partial charge in [-0.1, -0.05) is 24.7 Å². The van der Waals surface area contributed by atoms with Crippen LogP contribution in [0.15, 0.2) is 18.2 Å². The summed E-state index contributed by atoms with van der Waals surface area (Å²) in [4.78, 5) is 14.3. The van der Waals surface area contributed by atoms with Gasteiger partial charge in [-0.3, -0.25) is 4.79 Å². The zero-order valence-electron chi connectivity index (χ0n) is 11.0. The van der Waals surface area contributed by atoms with E-state index in [9.17, 15) is 4.79 Å². The van der Waals surface area contributed by atoms with Crippen molar-refractivity contribution < 1.29 is 9.53 Å². The Morgan fingerprint density at radius 3 is 2.84 bits per heavy atom. The molecule has 0 aromatic heterocycles. The third kappa shape index (κ3) is 2.87. The van der Waals surface area contributed by atoms with Gasteiger partial charge in [0.2, 0.25) is 5.91 Å². The maximum absolute atomic E-state index is 12.2. The molecule has 0 radical (unpaired) electrons. The predicted molar refractivity (Wildman–Crippen MR) is 79.7 cm³/mol. The van der Waals surface area contributed by atoms with Crippen LogP contribution in [0, 0.1) is 0 Å². The van der Waals surface area contributed by atoms with E-state index in [-0.39, 0.29) is 10.9 Å². The number of carbonyl (C=O) groups is 1. The van der Waals surface area contributed by atoms with Crippen LogP contribution < -0.4 is 15.4 Å². The minimum absolute atomic E-state index is 0.111. The molecular formula is C14H18N2O2S. The van der Waals surface area contributed by atoms with Gasteiger partial charge in [-0.2, -0.15) is 0 Å². The van der Waals surface area contributed by atoms with E-state index >= 15 is 0 Å². The standard InChI is InChI=1S/C14H18N2O2S/c1-18-11-7-5-6-10(14(15)19)13(11)16-9-4-2-3-8-12(16)17/h5-7H,2-4,8-9H2,1H3,(H2,15,19). The molecule has 0 aliphatic carbocycles. The van der Waals surface area contributed by atoms with Crippen LogP contribution in [0.4, 0.5) is 5.69 Å². The van der Waals surface area contributed by atoms with E-state index in [4.69, 9.17) is 22.7 Å². The van der Waals surface area contributed by atoms with Crippen molar-refractivity contribution in [1.82, 2.24) is 0 Å². The van der Waals surface area contributed by atoms with Crippen molar-refractivity contribution in [2.45, 2.75) is 25.7 Å². The van der Waals surface area contributed by atoms with Crippen LogP contribution in [-0.2, 0) is 4.79 Å².